The molecule has 2 aromatic rings. The molecule has 84 valence electrons. The molecule has 0 saturated carbocycles. The number of aryl methyl sites for hydroxylation is 4. The second kappa shape index (κ2) is 3.88. The molecule has 0 saturated heterocycles. The zero-order chi connectivity index (χ0) is 11.7. The lowest BCUT2D eigenvalue weighted by Crippen LogP contribution is -2.02. The maximum absolute atomic E-state index is 4.30. The maximum atomic E-state index is 4.30. The van der Waals surface area contributed by atoms with E-state index in [1.54, 1.807) is 4.68 Å². The summed E-state index contributed by atoms with van der Waals surface area (Å²) in [6, 6.07) is 0. The Hall–Kier alpha value is -1.98. The van der Waals surface area contributed by atoms with Crippen molar-refractivity contribution in [2.45, 2.75) is 20.8 Å². The fourth-order valence-electron chi connectivity index (χ4n) is 1.35. The van der Waals surface area contributed by atoms with Gasteiger partial charge in [-0.25, -0.2) is 4.98 Å². The Morgan fingerprint density at radius 2 is 1.81 bits per heavy atom. The van der Waals surface area contributed by atoms with Gasteiger partial charge in [0.1, 0.15) is 0 Å². The Morgan fingerprint density at radius 1 is 1.06 bits per heavy atom. The van der Waals surface area contributed by atoms with E-state index >= 15 is 0 Å². The summed E-state index contributed by atoms with van der Waals surface area (Å²) in [5.41, 5.74) is 3.52. The van der Waals surface area contributed by atoms with Crippen LogP contribution in [0.1, 0.15) is 17.1 Å². The summed E-state index contributed by atoms with van der Waals surface area (Å²) >= 11 is 0. The van der Waals surface area contributed by atoms with Gasteiger partial charge < -0.3 is 5.32 Å². The Kier molecular flexibility index (Phi) is 2.55. The Morgan fingerprint density at radius 3 is 2.38 bits per heavy atom. The van der Waals surface area contributed by atoms with Gasteiger partial charge >= 0.3 is 0 Å². The minimum Gasteiger partial charge on any atom is -0.320 e. The summed E-state index contributed by atoms with van der Waals surface area (Å²) < 4.78 is 1.74. The normalized spacial score (nSPS) is 10.5. The van der Waals surface area contributed by atoms with Crippen LogP contribution < -0.4 is 5.32 Å². The largest absolute Gasteiger partial charge is 0.320 e. The Bertz CT molecular complexity index is 516. The van der Waals surface area contributed by atoms with Crippen LogP contribution in [0.5, 0.6) is 0 Å². The lowest BCUT2D eigenvalue weighted by Gasteiger charge is -2.03. The van der Waals surface area contributed by atoms with Gasteiger partial charge in [-0.3, -0.25) is 4.68 Å². The fraction of sp³-hybridized carbons (Fsp3) is 0.400. The van der Waals surface area contributed by atoms with Crippen LogP contribution in [-0.2, 0) is 7.05 Å². The van der Waals surface area contributed by atoms with Crippen LogP contribution >= 0.6 is 0 Å². The SMILES string of the molecule is Cc1nn(C)cc1Nc1nnc(C)c(C)n1. The summed E-state index contributed by atoms with van der Waals surface area (Å²) in [5.74, 6) is 0.499. The van der Waals surface area contributed by atoms with Crippen LogP contribution in [0.3, 0.4) is 0 Å². The molecule has 0 aromatic carbocycles. The van der Waals surface area contributed by atoms with E-state index in [1.807, 2.05) is 34.0 Å². The number of nitrogens with zero attached hydrogens (tertiary/aromatic N) is 5. The van der Waals surface area contributed by atoms with Gasteiger partial charge in [0.25, 0.3) is 0 Å². The molecule has 0 fully saturated rings. The minimum atomic E-state index is 0.499. The number of anilines is 2. The van der Waals surface area contributed by atoms with E-state index in [0.717, 1.165) is 22.8 Å². The number of hydrogen-bond donors (Lipinski definition) is 1. The number of nitrogens with one attached hydrogen (secondary N) is 1. The third-order valence-electron chi connectivity index (χ3n) is 2.35. The molecule has 2 rings (SSSR count). The van der Waals surface area contributed by atoms with Crippen molar-refractivity contribution in [2.24, 2.45) is 7.05 Å². The topological polar surface area (TPSA) is 68.5 Å². The maximum Gasteiger partial charge on any atom is 0.247 e. The summed E-state index contributed by atoms with van der Waals surface area (Å²) in [6.45, 7) is 5.72. The van der Waals surface area contributed by atoms with Crippen molar-refractivity contribution in [3.8, 4) is 0 Å². The molecule has 2 aromatic heterocycles. The van der Waals surface area contributed by atoms with Gasteiger partial charge in [-0.15, -0.1) is 5.10 Å². The molecule has 6 nitrogen and oxygen atoms in total. The van der Waals surface area contributed by atoms with Crippen LogP contribution in [0.15, 0.2) is 6.20 Å². The van der Waals surface area contributed by atoms with Gasteiger partial charge in [0.15, 0.2) is 0 Å². The molecule has 0 radical (unpaired) electrons. The quantitative estimate of drug-likeness (QED) is 0.822. The van der Waals surface area contributed by atoms with Gasteiger partial charge in [-0.1, -0.05) is 0 Å². The summed E-state index contributed by atoms with van der Waals surface area (Å²) in [6.07, 6.45) is 1.88. The van der Waals surface area contributed by atoms with E-state index in [-0.39, 0.29) is 0 Å². The van der Waals surface area contributed by atoms with Crippen molar-refractivity contribution in [3.63, 3.8) is 0 Å². The summed E-state index contributed by atoms with van der Waals surface area (Å²) in [7, 11) is 1.87. The second-order valence-corrected chi connectivity index (χ2v) is 3.73. The van der Waals surface area contributed by atoms with E-state index < -0.39 is 0 Å². The van der Waals surface area contributed by atoms with Crippen LogP contribution in [0.25, 0.3) is 0 Å². The third kappa shape index (κ3) is 2.00. The molecule has 2 heterocycles. The minimum absolute atomic E-state index is 0.499. The monoisotopic (exact) mass is 218 g/mol. The molecular weight excluding hydrogens is 204 g/mol. The molecule has 1 N–H and O–H groups in total. The molecule has 16 heavy (non-hydrogen) atoms. The molecule has 0 amide bonds. The number of rotatable bonds is 2. The van der Waals surface area contributed by atoms with Gasteiger partial charge in [-0.2, -0.15) is 10.2 Å². The van der Waals surface area contributed by atoms with Crippen LogP contribution in [0, 0.1) is 20.8 Å². The molecule has 0 spiro atoms. The molecule has 0 aliphatic rings. The van der Waals surface area contributed by atoms with Crippen LogP contribution in [0.2, 0.25) is 0 Å². The number of aromatic nitrogens is 5. The lowest BCUT2D eigenvalue weighted by atomic mass is 10.4. The second-order valence-electron chi connectivity index (χ2n) is 3.73. The molecular formula is C10H14N6. The number of hydrogen-bond acceptors (Lipinski definition) is 5. The van der Waals surface area contributed by atoms with Gasteiger partial charge in [0.05, 0.1) is 22.8 Å². The standard InChI is InChI=1S/C10H14N6/c1-6-7(2)13-14-10(11-6)12-9-5-16(4)15-8(9)3/h5H,1-4H3,(H,11,12,14). The highest BCUT2D eigenvalue weighted by Crippen LogP contribution is 2.15. The Labute approximate surface area is 93.7 Å². The molecule has 0 aliphatic heterocycles. The zero-order valence-corrected chi connectivity index (χ0v) is 9.81. The highest BCUT2D eigenvalue weighted by atomic mass is 15.3. The van der Waals surface area contributed by atoms with Crippen molar-refractivity contribution in [2.75, 3.05) is 5.32 Å². The van der Waals surface area contributed by atoms with Crippen molar-refractivity contribution in [1.82, 2.24) is 25.0 Å². The zero-order valence-electron chi connectivity index (χ0n) is 9.81. The summed E-state index contributed by atoms with van der Waals surface area (Å²) in [5, 5.41) is 15.3. The predicted octanol–water partition coefficient (Wildman–Crippen LogP) is 1.27. The van der Waals surface area contributed by atoms with E-state index in [2.05, 4.69) is 25.6 Å². The van der Waals surface area contributed by atoms with Crippen molar-refractivity contribution in [3.05, 3.63) is 23.3 Å². The van der Waals surface area contributed by atoms with E-state index in [1.165, 1.54) is 0 Å². The van der Waals surface area contributed by atoms with Gasteiger partial charge in [0, 0.05) is 13.2 Å². The first-order valence-electron chi connectivity index (χ1n) is 5.01. The van der Waals surface area contributed by atoms with Crippen molar-refractivity contribution >= 4 is 11.6 Å². The first-order valence-corrected chi connectivity index (χ1v) is 5.01. The molecule has 0 aliphatic carbocycles. The average molecular weight is 218 g/mol. The summed E-state index contributed by atoms with van der Waals surface area (Å²) in [4.78, 5) is 4.30. The van der Waals surface area contributed by atoms with Crippen LogP contribution in [-0.4, -0.2) is 25.0 Å². The average Bonchev–Trinajstić information content (AvgIpc) is 2.51. The smallest absolute Gasteiger partial charge is 0.247 e. The van der Waals surface area contributed by atoms with Crippen LogP contribution in [0.4, 0.5) is 11.6 Å². The highest BCUT2D eigenvalue weighted by Gasteiger charge is 2.06. The first-order chi connectivity index (χ1) is 7.56. The predicted molar refractivity (Wildman–Crippen MR) is 60.5 cm³/mol. The molecule has 0 atom stereocenters. The highest BCUT2D eigenvalue weighted by molar-refractivity contribution is 5.54. The molecule has 0 unspecified atom stereocenters. The van der Waals surface area contributed by atoms with Crippen molar-refractivity contribution < 1.29 is 0 Å². The van der Waals surface area contributed by atoms with E-state index in [0.29, 0.717) is 5.95 Å². The lowest BCUT2D eigenvalue weighted by molar-refractivity contribution is 0.756. The third-order valence-corrected chi connectivity index (χ3v) is 2.35. The van der Waals surface area contributed by atoms with Gasteiger partial charge in [0.2, 0.25) is 5.95 Å². The van der Waals surface area contributed by atoms with E-state index in [9.17, 15) is 0 Å². The fourth-order valence-corrected chi connectivity index (χ4v) is 1.35. The molecule has 0 bridgehead atoms. The Balaban J connectivity index is 2.27. The van der Waals surface area contributed by atoms with Crippen molar-refractivity contribution in [1.29, 1.82) is 0 Å². The molecule has 6 heteroatoms. The van der Waals surface area contributed by atoms with Gasteiger partial charge in [-0.05, 0) is 20.8 Å². The first kappa shape index (κ1) is 10.5. The van der Waals surface area contributed by atoms with E-state index in [4.69, 9.17) is 0 Å².